The van der Waals surface area contributed by atoms with Crippen LogP contribution < -0.4 is 20.1 Å². The summed E-state index contributed by atoms with van der Waals surface area (Å²) >= 11 is 0. The number of benzene rings is 1. The molecule has 0 saturated carbocycles. The van der Waals surface area contributed by atoms with E-state index in [4.69, 9.17) is 14.5 Å². The Morgan fingerprint density at radius 2 is 1.80 bits per heavy atom. The van der Waals surface area contributed by atoms with Gasteiger partial charge in [0, 0.05) is 36.1 Å². The summed E-state index contributed by atoms with van der Waals surface area (Å²) < 4.78 is 11.7. The molecule has 1 fully saturated rings. The Morgan fingerprint density at radius 3 is 2.70 bits per heavy atom. The smallest absolute Gasteiger partial charge is 0.229 e. The molecule has 210 valence electrons. The van der Waals surface area contributed by atoms with E-state index in [0.29, 0.717) is 36.0 Å². The molecule has 2 aromatic heterocycles. The maximum Gasteiger partial charge on any atom is 0.229 e. The van der Waals surface area contributed by atoms with Crippen molar-refractivity contribution in [3.63, 3.8) is 0 Å². The van der Waals surface area contributed by atoms with Gasteiger partial charge >= 0.3 is 0 Å². The van der Waals surface area contributed by atoms with Gasteiger partial charge in [0.15, 0.2) is 11.5 Å². The van der Waals surface area contributed by atoms with E-state index < -0.39 is 0 Å². The van der Waals surface area contributed by atoms with Crippen molar-refractivity contribution in [2.45, 2.75) is 57.3 Å². The molecule has 2 N–H and O–H groups in total. The second kappa shape index (κ2) is 12.7. The quantitative estimate of drug-likeness (QED) is 0.219. The standard InChI is InChI=1S/C32H40N6O2/c1-39-29-22-25(11-13-28(29)40-20-6-19-38-17-3-2-4-18-38)34-32-33-16-15-31(37-32)36-30-14-12-26-24-8-5-7-23(9-10-24)21-27(26)35-30/h9-16,22-24H,2-8,17-21H2,1H3,(H2,33,34,35,36,37). The summed E-state index contributed by atoms with van der Waals surface area (Å²) in [5.41, 5.74) is 3.41. The van der Waals surface area contributed by atoms with E-state index in [1.165, 1.54) is 62.9 Å². The average molecular weight is 541 g/mol. The van der Waals surface area contributed by atoms with Gasteiger partial charge in [0.25, 0.3) is 0 Å². The number of nitrogens with one attached hydrogen (secondary N) is 2. The van der Waals surface area contributed by atoms with Crippen molar-refractivity contribution in [1.82, 2.24) is 19.9 Å². The second-order valence-electron chi connectivity index (χ2n) is 11.1. The number of anilines is 4. The van der Waals surface area contributed by atoms with Crippen LogP contribution in [0.25, 0.3) is 0 Å². The molecular formula is C32H40N6O2. The fourth-order valence-corrected chi connectivity index (χ4v) is 6.11. The van der Waals surface area contributed by atoms with Crippen molar-refractivity contribution in [2.24, 2.45) is 5.92 Å². The monoisotopic (exact) mass is 540 g/mol. The largest absolute Gasteiger partial charge is 0.493 e. The molecule has 2 unspecified atom stereocenters. The Bertz CT molecular complexity index is 1320. The van der Waals surface area contributed by atoms with E-state index >= 15 is 0 Å². The predicted molar refractivity (Wildman–Crippen MR) is 159 cm³/mol. The van der Waals surface area contributed by atoms with Gasteiger partial charge in [-0.2, -0.15) is 4.98 Å². The number of hydrogen-bond acceptors (Lipinski definition) is 8. The molecule has 2 bridgehead atoms. The molecule has 8 nitrogen and oxygen atoms in total. The van der Waals surface area contributed by atoms with Crippen molar-refractivity contribution >= 4 is 23.3 Å². The normalized spacial score (nSPS) is 20.3. The van der Waals surface area contributed by atoms with Crippen LogP contribution in [-0.2, 0) is 6.42 Å². The lowest BCUT2D eigenvalue weighted by molar-refractivity contribution is 0.203. The summed E-state index contributed by atoms with van der Waals surface area (Å²) in [7, 11) is 1.66. The summed E-state index contributed by atoms with van der Waals surface area (Å²) in [4.78, 5) is 16.6. The van der Waals surface area contributed by atoms with E-state index in [1.807, 2.05) is 24.3 Å². The molecule has 3 aliphatic rings. The highest BCUT2D eigenvalue weighted by Gasteiger charge is 2.24. The molecule has 40 heavy (non-hydrogen) atoms. The number of rotatable bonds is 10. The highest BCUT2D eigenvalue weighted by molar-refractivity contribution is 5.61. The number of piperidine rings is 1. The summed E-state index contributed by atoms with van der Waals surface area (Å²) in [6.07, 6.45) is 16.3. The summed E-state index contributed by atoms with van der Waals surface area (Å²) in [5, 5.41) is 6.67. The fraction of sp³-hybridized carbons (Fsp3) is 0.469. The molecule has 3 aromatic rings. The fourth-order valence-electron chi connectivity index (χ4n) is 6.11. The Morgan fingerprint density at radius 1 is 0.900 bits per heavy atom. The van der Waals surface area contributed by atoms with Gasteiger partial charge in [-0.15, -0.1) is 0 Å². The maximum atomic E-state index is 6.05. The van der Waals surface area contributed by atoms with E-state index in [0.717, 1.165) is 36.6 Å². The Hall–Kier alpha value is -3.65. The van der Waals surface area contributed by atoms with Gasteiger partial charge in [-0.05, 0) is 87.4 Å². The van der Waals surface area contributed by atoms with Crippen LogP contribution in [0.2, 0.25) is 0 Å². The number of hydrogen-bond donors (Lipinski definition) is 2. The molecule has 1 saturated heterocycles. The van der Waals surface area contributed by atoms with Crippen LogP contribution in [0.4, 0.5) is 23.3 Å². The summed E-state index contributed by atoms with van der Waals surface area (Å²) in [6.45, 7) is 4.18. The number of likely N-dealkylation sites (tertiary alicyclic amines) is 1. The van der Waals surface area contributed by atoms with Gasteiger partial charge in [0.1, 0.15) is 11.6 Å². The van der Waals surface area contributed by atoms with Crippen LogP contribution in [0, 0.1) is 5.92 Å². The first-order valence-electron chi connectivity index (χ1n) is 14.8. The molecule has 1 aromatic carbocycles. The highest BCUT2D eigenvalue weighted by Crippen LogP contribution is 2.37. The Balaban J connectivity index is 1.07. The minimum atomic E-state index is 0.493. The highest BCUT2D eigenvalue weighted by atomic mass is 16.5. The van der Waals surface area contributed by atoms with Crippen molar-refractivity contribution in [3.8, 4) is 11.5 Å². The van der Waals surface area contributed by atoms with Crippen molar-refractivity contribution in [2.75, 3.05) is 44.0 Å². The summed E-state index contributed by atoms with van der Waals surface area (Å²) in [5.74, 6) is 4.52. The van der Waals surface area contributed by atoms with Crippen LogP contribution in [0.1, 0.15) is 62.1 Å². The zero-order valence-electron chi connectivity index (χ0n) is 23.4. The van der Waals surface area contributed by atoms with Crippen molar-refractivity contribution in [1.29, 1.82) is 0 Å². The van der Waals surface area contributed by atoms with Gasteiger partial charge in [0.2, 0.25) is 5.95 Å². The molecule has 3 heterocycles. The third kappa shape index (κ3) is 6.55. The van der Waals surface area contributed by atoms with Gasteiger partial charge in [-0.1, -0.05) is 31.1 Å². The first-order valence-corrected chi connectivity index (χ1v) is 14.8. The van der Waals surface area contributed by atoms with Crippen LogP contribution >= 0.6 is 0 Å². The number of fused-ring (bicyclic) bond motifs is 4. The van der Waals surface area contributed by atoms with Crippen LogP contribution in [0.15, 0.2) is 54.7 Å². The second-order valence-corrected chi connectivity index (χ2v) is 11.1. The Kier molecular flexibility index (Phi) is 8.42. The molecule has 1 aliphatic heterocycles. The van der Waals surface area contributed by atoms with Gasteiger partial charge in [-0.25, -0.2) is 9.97 Å². The molecule has 6 rings (SSSR count). The third-order valence-corrected chi connectivity index (χ3v) is 8.23. The number of nitrogens with zero attached hydrogens (tertiary/aromatic N) is 4. The number of aromatic nitrogens is 3. The molecule has 2 aliphatic carbocycles. The van der Waals surface area contributed by atoms with Gasteiger partial charge in [-0.3, -0.25) is 0 Å². The van der Waals surface area contributed by atoms with Crippen molar-refractivity contribution < 1.29 is 9.47 Å². The predicted octanol–water partition coefficient (Wildman–Crippen LogP) is 6.62. The molecule has 0 amide bonds. The lowest BCUT2D eigenvalue weighted by atomic mass is 9.88. The van der Waals surface area contributed by atoms with Gasteiger partial charge in [0.05, 0.1) is 13.7 Å². The summed E-state index contributed by atoms with van der Waals surface area (Å²) in [6, 6.07) is 12.0. The number of allylic oxidation sites excluding steroid dienone is 2. The molecular weight excluding hydrogens is 500 g/mol. The van der Waals surface area contributed by atoms with E-state index in [9.17, 15) is 0 Å². The number of ether oxygens (including phenoxy) is 2. The van der Waals surface area contributed by atoms with Crippen molar-refractivity contribution in [3.05, 3.63) is 66.0 Å². The average Bonchev–Trinajstić information content (AvgIpc) is 3.31. The number of methoxy groups -OCH3 is 1. The maximum absolute atomic E-state index is 6.05. The Labute approximate surface area is 237 Å². The van der Waals surface area contributed by atoms with Crippen LogP contribution in [0.5, 0.6) is 11.5 Å². The van der Waals surface area contributed by atoms with E-state index in [2.05, 4.69) is 49.8 Å². The SMILES string of the molecule is COc1cc(Nc2nccc(Nc3ccc4c(n3)CC3C=CC4CCC3)n2)ccc1OCCCN1CCCCC1. The minimum absolute atomic E-state index is 0.493. The lowest BCUT2D eigenvalue weighted by Gasteiger charge is -2.26. The molecule has 0 radical (unpaired) electrons. The minimum Gasteiger partial charge on any atom is -0.493 e. The van der Waals surface area contributed by atoms with E-state index in [1.54, 1.807) is 13.3 Å². The lowest BCUT2D eigenvalue weighted by Crippen LogP contribution is -2.31. The van der Waals surface area contributed by atoms with E-state index in [-0.39, 0.29) is 0 Å². The zero-order valence-corrected chi connectivity index (χ0v) is 23.4. The van der Waals surface area contributed by atoms with Crippen LogP contribution in [-0.4, -0.2) is 53.2 Å². The van der Waals surface area contributed by atoms with Gasteiger partial charge < -0.3 is 25.0 Å². The first kappa shape index (κ1) is 26.6. The first-order chi connectivity index (χ1) is 19.7. The molecule has 8 heteroatoms. The zero-order chi connectivity index (χ0) is 27.1. The number of pyridine rings is 1. The molecule has 0 spiro atoms. The topological polar surface area (TPSA) is 84.4 Å². The van der Waals surface area contributed by atoms with Crippen LogP contribution in [0.3, 0.4) is 0 Å². The third-order valence-electron chi connectivity index (χ3n) is 8.23. The molecule has 2 atom stereocenters.